The molecule has 0 N–H and O–H groups in total. The van der Waals surface area contributed by atoms with E-state index in [1.807, 2.05) is 0 Å². The van der Waals surface area contributed by atoms with E-state index in [4.69, 9.17) is 0 Å². The van der Waals surface area contributed by atoms with E-state index < -0.39 is 0 Å². The number of hydrogen-bond acceptors (Lipinski definition) is 1. The van der Waals surface area contributed by atoms with Gasteiger partial charge >= 0.3 is 0 Å². The zero-order valence-electron chi connectivity index (χ0n) is 11.1. The number of nitrogens with zero attached hydrogens (tertiary/aromatic N) is 1. The summed E-state index contributed by atoms with van der Waals surface area (Å²) >= 11 is 0. The van der Waals surface area contributed by atoms with E-state index in [9.17, 15) is 0 Å². The van der Waals surface area contributed by atoms with Crippen molar-refractivity contribution in [3.05, 3.63) is 0 Å². The lowest BCUT2D eigenvalue weighted by Gasteiger charge is -2.30. The fourth-order valence-electron chi connectivity index (χ4n) is 2.03. The number of rotatable bonds is 7. The van der Waals surface area contributed by atoms with Crippen molar-refractivity contribution < 1.29 is 0 Å². The van der Waals surface area contributed by atoms with Crippen LogP contribution in [-0.4, -0.2) is 24.0 Å². The first-order valence-electron chi connectivity index (χ1n) is 6.17. The summed E-state index contributed by atoms with van der Waals surface area (Å²) in [7, 11) is 0. The SMILES string of the molecule is CCCC(C)(C)CCN(CC)C(C)C. The van der Waals surface area contributed by atoms with E-state index >= 15 is 0 Å². The molecule has 0 aliphatic rings. The molecular weight excluding hydrogens is 170 g/mol. The van der Waals surface area contributed by atoms with Gasteiger partial charge in [-0.1, -0.05) is 34.1 Å². The molecule has 0 fully saturated rings. The van der Waals surface area contributed by atoms with E-state index in [1.165, 1.54) is 32.4 Å². The molecule has 0 amide bonds. The topological polar surface area (TPSA) is 3.24 Å². The first-order chi connectivity index (χ1) is 6.43. The molecule has 0 atom stereocenters. The van der Waals surface area contributed by atoms with Gasteiger partial charge in [0, 0.05) is 6.04 Å². The molecule has 0 saturated heterocycles. The molecule has 14 heavy (non-hydrogen) atoms. The van der Waals surface area contributed by atoms with E-state index in [0.717, 1.165) is 0 Å². The van der Waals surface area contributed by atoms with Crippen LogP contribution >= 0.6 is 0 Å². The quantitative estimate of drug-likeness (QED) is 0.600. The minimum atomic E-state index is 0.525. The monoisotopic (exact) mass is 199 g/mol. The molecule has 0 saturated carbocycles. The van der Waals surface area contributed by atoms with Gasteiger partial charge in [0.25, 0.3) is 0 Å². The van der Waals surface area contributed by atoms with E-state index in [-0.39, 0.29) is 0 Å². The molecule has 0 bridgehead atoms. The molecule has 0 aliphatic heterocycles. The second-order valence-corrected chi connectivity index (χ2v) is 5.39. The highest BCUT2D eigenvalue weighted by atomic mass is 15.1. The predicted molar refractivity (Wildman–Crippen MR) is 65.7 cm³/mol. The van der Waals surface area contributed by atoms with Crippen LogP contribution in [0.5, 0.6) is 0 Å². The Balaban J connectivity index is 3.89. The Morgan fingerprint density at radius 2 is 1.64 bits per heavy atom. The molecule has 86 valence electrons. The van der Waals surface area contributed by atoms with Gasteiger partial charge in [-0.2, -0.15) is 0 Å². The van der Waals surface area contributed by atoms with Gasteiger partial charge in [-0.3, -0.25) is 0 Å². The third-order valence-electron chi connectivity index (χ3n) is 3.14. The lowest BCUT2D eigenvalue weighted by molar-refractivity contribution is 0.184. The molecule has 0 aliphatic carbocycles. The maximum atomic E-state index is 2.55. The van der Waals surface area contributed by atoms with Crippen LogP contribution in [0.1, 0.15) is 60.8 Å². The highest BCUT2D eigenvalue weighted by Gasteiger charge is 2.18. The first-order valence-corrected chi connectivity index (χ1v) is 6.17. The summed E-state index contributed by atoms with van der Waals surface area (Å²) in [4.78, 5) is 2.55. The molecule has 0 spiro atoms. The average Bonchev–Trinajstić information content (AvgIpc) is 2.04. The summed E-state index contributed by atoms with van der Waals surface area (Å²) in [5.74, 6) is 0. The summed E-state index contributed by atoms with van der Waals surface area (Å²) in [6.45, 7) is 16.3. The highest BCUT2D eigenvalue weighted by molar-refractivity contribution is 4.71. The summed E-state index contributed by atoms with van der Waals surface area (Å²) in [5.41, 5.74) is 0.525. The summed E-state index contributed by atoms with van der Waals surface area (Å²) in [5, 5.41) is 0. The Hall–Kier alpha value is -0.0400. The molecule has 0 aromatic carbocycles. The van der Waals surface area contributed by atoms with Gasteiger partial charge in [0.1, 0.15) is 0 Å². The normalized spacial score (nSPS) is 12.9. The van der Waals surface area contributed by atoms with Crippen molar-refractivity contribution in [2.24, 2.45) is 5.41 Å². The van der Waals surface area contributed by atoms with Crippen LogP contribution in [0.2, 0.25) is 0 Å². The Labute approximate surface area is 90.9 Å². The van der Waals surface area contributed by atoms with Gasteiger partial charge in [0.05, 0.1) is 0 Å². The average molecular weight is 199 g/mol. The summed E-state index contributed by atoms with van der Waals surface area (Å²) in [6, 6.07) is 0.692. The van der Waals surface area contributed by atoms with Gasteiger partial charge in [0.2, 0.25) is 0 Å². The maximum Gasteiger partial charge on any atom is 0.00384 e. The molecular formula is C13H29N. The standard InChI is InChI=1S/C13H29N/c1-7-9-13(5,6)10-11-14(8-2)12(3)4/h12H,7-11H2,1-6H3. The maximum absolute atomic E-state index is 2.55. The van der Waals surface area contributed by atoms with Gasteiger partial charge in [0.15, 0.2) is 0 Å². The van der Waals surface area contributed by atoms with Crippen LogP contribution < -0.4 is 0 Å². The van der Waals surface area contributed by atoms with Gasteiger partial charge in [-0.05, 0) is 45.2 Å². The van der Waals surface area contributed by atoms with E-state index in [0.29, 0.717) is 11.5 Å². The smallest absolute Gasteiger partial charge is 0.00384 e. The fraction of sp³-hybridized carbons (Fsp3) is 1.00. The predicted octanol–water partition coefficient (Wildman–Crippen LogP) is 3.93. The van der Waals surface area contributed by atoms with Crippen LogP contribution in [0.25, 0.3) is 0 Å². The molecule has 0 heterocycles. The van der Waals surface area contributed by atoms with Crippen LogP contribution in [-0.2, 0) is 0 Å². The molecule has 0 unspecified atom stereocenters. The van der Waals surface area contributed by atoms with Crippen LogP contribution in [0.4, 0.5) is 0 Å². The van der Waals surface area contributed by atoms with Crippen LogP contribution in [0.15, 0.2) is 0 Å². The van der Waals surface area contributed by atoms with Crippen molar-refractivity contribution >= 4 is 0 Å². The van der Waals surface area contributed by atoms with Crippen molar-refractivity contribution in [2.75, 3.05) is 13.1 Å². The Morgan fingerprint density at radius 3 is 2.00 bits per heavy atom. The molecule has 1 nitrogen and oxygen atoms in total. The molecule has 0 rings (SSSR count). The van der Waals surface area contributed by atoms with E-state index in [1.54, 1.807) is 0 Å². The second kappa shape index (κ2) is 6.44. The molecule has 1 heteroatoms. The van der Waals surface area contributed by atoms with Crippen LogP contribution in [0.3, 0.4) is 0 Å². The van der Waals surface area contributed by atoms with Crippen molar-refractivity contribution in [1.82, 2.24) is 4.90 Å². The second-order valence-electron chi connectivity index (χ2n) is 5.39. The zero-order chi connectivity index (χ0) is 11.2. The molecule has 0 aromatic rings. The molecule has 0 radical (unpaired) electrons. The Morgan fingerprint density at radius 1 is 1.07 bits per heavy atom. The van der Waals surface area contributed by atoms with Gasteiger partial charge in [-0.25, -0.2) is 0 Å². The lowest BCUT2D eigenvalue weighted by Crippen LogP contribution is -2.33. The Kier molecular flexibility index (Phi) is 6.43. The summed E-state index contributed by atoms with van der Waals surface area (Å²) < 4.78 is 0. The number of hydrogen-bond donors (Lipinski definition) is 0. The highest BCUT2D eigenvalue weighted by Crippen LogP contribution is 2.26. The molecule has 0 aromatic heterocycles. The van der Waals surface area contributed by atoms with Gasteiger partial charge < -0.3 is 4.90 Å². The van der Waals surface area contributed by atoms with Crippen molar-refractivity contribution in [3.8, 4) is 0 Å². The minimum absolute atomic E-state index is 0.525. The lowest BCUT2D eigenvalue weighted by atomic mass is 9.84. The van der Waals surface area contributed by atoms with Gasteiger partial charge in [-0.15, -0.1) is 0 Å². The largest absolute Gasteiger partial charge is 0.301 e. The fourth-order valence-corrected chi connectivity index (χ4v) is 2.03. The third-order valence-corrected chi connectivity index (χ3v) is 3.14. The minimum Gasteiger partial charge on any atom is -0.301 e. The third kappa shape index (κ3) is 5.64. The van der Waals surface area contributed by atoms with Crippen molar-refractivity contribution in [1.29, 1.82) is 0 Å². The Bertz CT molecular complexity index is 138. The van der Waals surface area contributed by atoms with Crippen LogP contribution in [0, 0.1) is 5.41 Å². The summed E-state index contributed by atoms with van der Waals surface area (Å²) in [6.07, 6.45) is 3.98. The van der Waals surface area contributed by atoms with E-state index in [2.05, 4.69) is 46.4 Å². The van der Waals surface area contributed by atoms with Crippen molar-refractivity contribution in [3.63, 3.8) is 0 Å². The van der Waals surface area contributed by atoms with Crippen molar-refractivity contribution in [2.45, 2.75) is 66.8 Å². The zero-order valence-corrected chi connectivity index (χ0v) is 11.1. The first kappa shape index (κ1) is 14.0.